The predicted octanol–water partition coefficient (Wildman–Crippen LogP) is 6.60. The Bertz CT molecular complexity index is 684. The van der Waals surface area contributed by atoms with Crippen molar-refractivity contribution in [1.82, 2.24) is 0 Å². The fraction of sp³-hybridized carbons (Fsp3) is 0. The summed E-state index contributed by atoms with van der Waals surface area (Å²) in [6.07, 6.45) is 0. The monoisotopic (exact) mass is 470 g/mol. The lowest BCUT2D eigenvalue weighted by Crippen LogP contribution is -2.00. The van der Waals surface area contributed by atoms with Gasteiger partial charge in [-0.05, 0) is 47.6 Å². The normalized spacial score (nSPS) is 15.9. The average molecular weight is 473 g/mol. The van der Waals surface area contributed by atoms with Gasteiger partial charge in [0.25, 0.3) is 0 Å². The van der Waals surface area contributed by atoms with Crippen molar-refractivity contribution in [3.8, 4) is 11.5 Å². The third-order valence-corrected chi connectivity index (χ3v) is 6.20. The van der Waals surface area contributed by atoms with Gasteiger partial charge in [-0.1, -0.05) is 43.6 Å². The molecule has 0 fully saturated rings. The number of hydrogen-bond acceptors (Lipinski definition) is 4. The number of benzene rings is 2. The van der Waals surface area contributed by atoms with E-state index in [1.165, 1.54) is 0 Å². The number of fused-ring (bicyclic) bond motifs is 2. The molecule has 0 bridgehead atoms. The van der Waals surface area contributed by atoms with Crippen molar-refractivity contribution in [2.24, 2.45) is 0 Å². The molecule has 0 atom stereocenters. The molecule has 0 saturated carbocycles. The van der Waals surface area contributed by atoms with Gasteiger partial charge in [0.05, 0.1) is 9.79 Å². The molecule has 1 aliphatic rings. The molecule has 0 spiro atoms. The van der Waals surface area contributed by atoms with Crippen molar-refractivity contribution in [2.45, 2.75) is 9.79 Å². The van der Waals surface area contributed by atoms with Gasteiger partial charge in [0, 0.05) is 20.8 Å². The van der Waals surface area contributed by atoms with Crippen LogP contribution in [0.3, 0.4) is 0 Å². The van der Waals surface area contributed by atoms with E-state index in [1.807, 2.05) is 36.4 Å². The van der Waals surface area contributed by atoms with Crippen LogP contribution in [0.2, 0.25) is 0 Å². The molecule has 0 radical (unpaired) electrons. The zero-order chi connectivity index (χ0) is 14.3. The largest absolute Gasteiger partial charge is 0.423 e. The van der Waals surface area contributed by atoms with Crippen molar-refractivity contribution in [3.05, 3.63) is 45.3 Å². The summed E-state index contributed by atoms with van der Waals surface area (Å²) in [5.74, 6) is -1.61. The van der Waals surface area contributed by atoms with E-state index in [-0.39, 0.29) is 0 Å². The molecule has 0 aliphatic carbocycles. The molecular formula is C12H6Br2ClO2PS2. The van der Waals surface area contributed by atoms with E-state index in [0.29, 0.717) is 11.5 Å². The van der Waals surface area contributed by atoms with E-state index in [2.05, 4.69) is 31.9 Å². The first kappa shape index (κ1) is 15.2. The molecule has 0 N–H and O–H groups in total. The minimum absolute atomic E-state index is 0.641. The summed E-state index contributed by atoms with van der Waals surface area (Å²) in [4.78, 5) is 1.88. The van der Waals surface area contributed by atoms with Crippen LogP contribution in [-0.4, -0.2) is 0 Å². The van der Waals surface area contributed by atoms with E-state index < -0.39 is 5.84 Å². The Morgan fingerprint density at radius 2 is 1.40 bits per heavy atom. The van der Waals surface area contributed by atoms with Gasteiger partial charge in [-0.3, -0.25) is 0 Å². The van der Waals surface area contributed by atoms with Gasteiger partial charge in [-0.25, -0.2) is 0 Å². The topological polar surface area (TPSA) is 18.5 Å². The molecule has 2 aromatic rings. The molecule has 8 heteroatoms. The minimum atomic E-state index is -2.89. The van der Waals surface area contributed by atoms with E-state index in [0.717, 1.165) is 18.7 Å². The summed E-state index contributed by atoms with van der Waals surface area (Å²) < 4.78 is 13.3. The highest BCUT2D eigenvalue weighted by Crippen LogP contribution is 2.59. The van der Waals surface area contributed by atoms with E-state index in [1.54, 1.807) is 11.8 Å². The van der Waals surface area contributed by atoms with Crippen LogP contribution in [-0.2, 0) is 11.8 Å². The standard InChI is InChI=1S/C12H6Br2ClO2PS2/c13-7-1-3-9-11(5-7)20-12-6-8(14)2-4-10(12)17-18(15,19)16-9/h1-6H. The van der Waals surface area contributed by atoms with E-state index in [9.17, 15) is 0 Å². The molecule has 104 valence electrons. The van der Waals surface area contributed by atoms with Crippen molar-refractivity contribution >= 4 is 72.5 Å². The van der Waals surface area contributed by atoms with Crippen LogP contribution in [0.15, 0.2) is 55.1 Å². The molecule has 2 nitrogen and oxygen atoms in total. The zero-order valence-corrected chi connectivity index (χ0v) is 16.1. The smallest absolute Gasteiger partial charge is 0.384 e. The van der Waals surface area contributed by atoms with Crippen LogP contribution in [0.4, 0.5) is 0 Å². The highest BCUT2D eigenvalue weighted by Gasteiger charge is 2.26. The van der Waals surface area contributed by atoms with Crippen molar-refractivity contribution in [3.63, 3.8) is 0 Å². The first-order valence-corrected chi connectivity index (χ1v) is 11.3. The highest BCUT2D eigenvalue weighted by atomic mass is 79.9. The predicted molar refractivity (Wildman–Crippen MR) is 93.8 cm³/mol. The Labute approximate surface area is 147 Å². The first-order chi connectivity index (χ1) is 9.43. The van der Waals surface area contributed by atoms with Gasteiger partial charge in [0.1, 0.15) is 11.5 Å². The zero-order valence-electron chi connectivity index (χ0n) is 9.68. The second-order valence-corrected chi connectivity index (χ2v) is 11.4. The van der Waals surface area contributed by atoms with E-state index in [4.69, 9.17) is 32.1 Å². The fourth-order valence-electron chi connectivity index (χ4n) is 1.65. The molecule has 1 aliphatic heterocycles. The maximum Gasteiger partial charge on any atom is 0.384 e. The van der Waals surface area contributed by atoms with Gasteiger partial charge in [-0.2, -0.15) is 0 Å². The van der Waals surface area contributed by atoms with Crippen molar-refractivity contribution in [1.29, 1.82) is 0 Å². The molecule has 1 heterocycles. The third kappa shape index (κ3) is 3.37. The molecule has 0 unspecified atom stereocenters. The average Bonchev–Trinajstić information content (AvgIpc) is 2.34. The summed E-state index contributed by atoms with van der Waals surface area (Å²) in [7, 11) is 0. The van der Waals surface area contributed by atoms with Gasteiger partial charge in [0.2, 0.25) is 0 Å². The van der Waals surface area contributed by atoms with Gasteiger partial charge < -0.3 is 9.05 Å². The van der Waals surface area contributed by atoms with Crippen LogP contribution in [0.25, 0.3) is 0 Å². The van der Waals surface area contributed by atoms with Crippen LogP contribution in [0.1, 0.15) is 0 Å². The maximum absolute atomic E-state index is 6.23. The molecule has 3 rings (SSSR count). The Morgan fingerprint density at radius 3 is 1.85 bits per heavy atom. The lowest BCUT2D eigenvalue weighted by Gasteiger charge is -2.23. The number of halogens is 3. The Kier molecular flexibility index (Phi) is 4.42. The van der Waals surface area contributed by atoms with Gasteiger partial charge in [-0.15, -0.1) is 0 Å². The van der Waals surface area contributed by atoms with Gasteiger partial charge in [0.15, 0.2) is 0 Å². The molecular weight excluding hydrogens is 466 g/mol. The molecule has 0 aromatic heterocycles. The summed E-state index contributed by atoms with van der Waals surface area (Å²) in [5.41, 5.74) is 0. The third-order valence-electron chi connectivity index (χ3n) is 2.45. The summed E-state index contributed by atoms with van der Waals surface area (Å²) in [6.45, 7) is 0. The number of rotatable bonds is 0. The second kappa shape index (κ2) is 5.82. The summed E-state index contributed by atoms with van der Waals surface area (Å²) in [5, 5.41) is 0. The van der Waals surface area contributed by atoms with Crippen LogP contribution in [0, 0.1) is 0 Å². The quantitative estimate of drug-likeness (QED) is 0.402. The SMILES string of the molecule is S=P1(Cl)Oc2ccc(Br)cc2Sc2cc(Br)ccc2O1. The molecule has 20 heavy (non-hydrogen) atoms. The van der Waals surface area contributed by atoms with Crippen molar-refractivity contribution in [2.75, 3.05) is 0 Å². The van der Waals surface area contributed by atoms with E-state index >= 15 is 0 Å². The highest BCUT2D eigenvalue weighted by molar-refractivity contribution is 9.10. The fourth-order valence-corrected chi connectivity index (χ4v) is 5.58. The Morgan fingerprint density at radius 1 is 0.950 bits per heavy atom. The molecule has 2 aromatic carbocycles. The van der Waals surface area contributed by atoms with Gasteiger partial charge >= 0.3 is 5.84 Å². The second-order valence-electron chi connectivity index (χ2n) is 3.90. The molecule has 0 amide bonds. The summed E-state index contributed by atoms with van der Waals surface area (Å²) in [6, 6.07) is 11.4. The molecule has 0 saturated heterocycles. The van der Waals surface area contributed by atoms with Crippen molar-refractivity contribution < 1.29 is 9.05 Å². The maximum atomic E-state index is 6.23. The summed E-state index contributed by atoms with van der Waals surface area (Å²) >= 11 is 20.0. The first-order valence-electron chi connectivity index (χ1n) is 5.39. The Balaban J connectivity index is 2.18. The minimum Gasteiger partial charge on any atom is -0.423 e. The number of hydrogen-bond donors (Lipinski definition) is 0. The van der Waals surface area contributed by atoms with Crippen LogP contribution in [0.5, 0.6) is 11.5 Å². The lowest BCUT2D eigenvalue weighted by atomic mass is 10.3. The van der Waals surface area contributed by atoms with Crippen LogP contribution >= 0.6 is 60.7 Å². The van der Waals surface area contributed by atoms with Crippen LogP contribution < -0.4 is 9.05 Å². The lowest BCUT2D eigenvalue weighted by molar-refractivity contribution is 0.488. The Hall–Kier alpha value is 0.290.